The summed E-state index contributed by atoms with van der Waals surface area (Å²) in [5.41, 5.74) is 0.380. The summed E-state index contributed by atoms with van der Waals surface area (Å²) in [4.78, 5) is 12.7. The summed E-state index contributed by atoms with van der Waals surface area (Å²) >= 11 is 12.1. The van der Waals surface area contributed by atoms with Crippen LogP contribution in [0.3, 0.4) is 0 Å². The lowest BCUT2D eigenvalue weighted by molar-refractivity contribution is -0.142. The predicted molar refractivity (Wildman–Crippen MR) is 82.3 cm³/mol. The van der Waals surface area contributed by atoms with E-state index in [2.05, 4.69) is 0 Å². The van der Waals surface area contributed by atoms with Gasteiger partial charge in [0.1, 0.15) is 0 Å². The summed E-state index contributed by atoms with van der Waals surface area (Å²) in [5.74, 6) is 0.0707. The molecule has 0 radical (unpaired) electrons. The van der Waals surface area contributed by atoms with Gasteiger partial charge in [0.15, 0.2) is 5.78 Å². The molecule has 0 bridgehead atoms. The highest BCUT2D eigenvalue weighted by atomic mass is 35.5. The van der Waals surface area contributed by atoms with Crippen molar-refractivity contribution in [3.05, 3.63) is 33.8 Å². The van der Waals surface area contributed by atoms with Crippen LogP contribution >= 0.6 is 23.2 Å². The number of halogens is 2. The molecule has 2 aliphatic heterocycles. The maximum Gasteiger partial charge on any atom is 0.167 e. The highest BCUT2D eigenvalue weighted by Gasteiger charge is 2.41. The zero-order valence-corrected chi connectivity index (χ0v) is 13.3. The normalized spacial score (nSPS) is 25.0. The van der Waals surface area contributed by atoms with Crippen LogP contribution in [0.25, 0.3) is 0 Å². The van der Waals surface area contributed by atoms with Crippen LogP contribution in [-0.2, 0) is 9.47 Å². The van der Waals surface area contributed by atoms with E-state index < -0.39 is 0 Å². The standard InChI is InChI=1S/C16H18Cl2O3/c17-12-1-2-13(14(18)9-12)15(19)11-3-6-21-16(10-11)4-7-20-8-5-16/h1-2,9,11H,3-8,10H2. The van der Waals surface area contributed by atoms with Gasteiger partial charge >= 0.3 is 0 Å². The first-order chi connectivity index (χ1) is 10.1. The molecule has 0 saturated carbocycles. The van der Waals surface area contributed by atoms with E-state index in [0.717, 1.165) is 25.7 Å². The van der Waals surface area contributed by atoms with Crippen LogP contribution in [0.5, 0.6) is 0 Å². The minimum Gasteiger partial charge on any atom is -0.381 e. The van der Waals surface area contributed by atoms with Gasteiger partial charge in [-0.3, -0.25) is 4.79 Å². The van der Waals surface area contributed by atoms with Crippen molar-refractivity contribution in [3.63, 3.8) is 0 Å². The number of carbonyl (C=O) groups is 1. The van der Waals surface area contributed by atoms with E-state index in [9.17, 15) is 4.79 Å². The molecule has 2 aliphatic rings. The molecule has 1 unspecified atom stereocenters. The predicted octanol–water partition coefficient (Wildman–Crippen LogP) is 4.15. The van der Waals surface area contributed by atoms with E-state index in [1.165, 1.54) is 0 Å². The second kappa shape index (κ2) is 6.25. The number of rotatable bonds is 2. The van der Waals surface area contributed by atoms with Crippen molar-refractivity contribution in [1.82, 2.24) is 0 Å². The fourth-order valence-electron chi connectivity index (χ4n) is 3.25. The Morgan fingerprint density at radius 3 is 2.67 bits per heavy atom. The third-order valence-corrected chi connectivity index (χ3v) is 5.01. The molecule has 1 spiro atoms. The molecule has 2 heterocycles. The Balaban J connectivity index is 1.77. The van der Waals surface area contributed by atoms with Gasteiger partial charge in [-0.2, -0.15) is 0 Å². The van der Waals surface area contributed by atoms with Crippen LogP contribution in [0.2, 0.25) is 10.0 Å². The lowest BCUT2D eigenvalue weighted by Crippen LogP contribution is -2.45. The molecule has 3 rings (SSSR count). The van der Waals surface area contributed by atoms with Gasteiger partial charge in [0.25, 0.3) is 0 Å². The van der Waals surface area contributed by atoms with E-state index in [1.54, 1.807) is 18.2 Å². The third-order valence-electron chi connectivity index (χ3n) is 4.46. The van der Waals surface area contributed by atoms with Crippen molar-refractivity contribution in [2.45, 2.75) is 31.3 Å². The Labute approximate surface area is 134 Å². The highest BCUT2D eigenvalue weighted by Crippen LogP contribution is 2.39. The molecule has 21 heavy (non-hydrogen) atoms. The average Bonchev–Trinajstić information content (AvgIpc) is 2.47. The van der Waals surface area contributed by atoms with Gasteiger partial charge in [0.2, 0.25) is 0 Å². The second-order valence-electron chi connectivity index (χ2n) is 5.82. The zero-order valence-electron chi connectivity index (χ0n) is 11.7. The topological polar surface area (TPSA) is 35.5 Å². The fourth-order valence-corrected chi connectivity index (χ4v) is 3.75. The maximum absolute atomic E-state index is 12.7. The van der Waals surface area contributed by atoms with Crippen molar-refractivity contribution in [1.29, 1.82) is 0 Å². The summed E-state index contributed by atoms with van der Waals surface area (Å²) in [6.45, 7) is 2.05. The van der Waals surface area contributed by atoms with Gasteiger partial charge in [-0.05, 0) is 43.9 Å². The Hall–Kier alpha value is -0.610. The van der Waals surface area contributed by atoms with Gasteiger partial charge in [-0.25, -0.2) is 0 Å². The van der Waals surface area contributed by atoms with Gasteiger partial charge in [0.05, 0.1) is 10.6 Å². The second-order valence-corrected chi connectivity index (χ2v) is 6.67. The van der Waals surface area contributed by atoms with Gasteiger partial charge < -0.3 is 9.47 Å². The van der Waals surface area contributed by atoms with Crippen LogP contribution in [-0.4, -0.2) is 31.2 Å². The number of hydrogen-bond donors (Lipinski definition) is 0. The summed E-state index contributed by atoms with van der Waals surface area (Å²) in [6.07, 6.45) is 3.24. The molecule has 1 aromatic carbocycles. The van der Waals surface area contributed by atoms with Crippen LogP contribution in [0.4, 0.5) is 0 Å². The first-order valence-corrected chi connectivity index (χ1v) is 8.06. The summed E-state index contributed by atoms with van der Waals surface area (Å²) in [5, 5.41) is 0.976. The maximum atomic E-state index is 12.7. The summed E-state index contributed by atoms with van der Waals surface area (Å²) in [6, 6.07) is 5.06. The van der Waals surface area contributed by atoms with Crippen LogP contribution in [0.15, 0.2) is 18.2 Å². The van der Waals surface area contributed by atoms with Crippen LogP contribution < -0.4 is 0 Å². The number of ether oxygens (including phenoxy) is 2. The summed E-state index contributed by atoms with van der Waals surface area (Å²) < 4.78 is 11.4. The SMILES string of the molecule is O=C(c1ccc(Cl)cc1Cl)C1CCOC2(CCOCC2)C1. The molecule has 2 saturated heterocycles. The van der Waals surface area contributed by atoms with E-state index >= 15 is 0 Å². The monoisotopic (exact) mass is 328 g/mol. The number of ketones is 1. The van der Waals surface area contributed by atoms with Crippen molar-refractivity contribution in [3.8, 4) is 0 Å². The van der Waals surface area contributed by atoms with E-state index in [-0.39, 0.29) is 17.3 Å². The molecule has 3 nitrogen and oxygen atoms in total. The molecular formula is C16H18Cl2O3. The van der Waals surface area contributed by atoms with Gasteiger partial charge in [-0.1, -0.05) is 23.2 Å². The average molecular weight is 329 g/mol. The molecule has 0 aromatic heterocycles. The number of hydrogen-bond acceptors (Lipinski definition) is 3. The quantitative estimate of drug-likeness (QED) is 0.765. The molecule has 0 amide bonds. The first-order valence-electron chi connectivity index (χ1n) is 7.31. The van der Waals surface area contributed by atoms with Crippen molar-refractivity contribution < 1.29 is 14.3 Å². The van der Waals surface area contributed by atoms with Gasteiger partial charge in [-0.15, -0.1) is 0 Å². The highest BCUT2D eigenvalue weighted by molar-refractivity contribution is 6.36. The smallest absolute Gasteiger partial charge is 0.167 e. The number of Topliss-reactive ketones (excluding diaryl/α,β-unsaturated/α-hetero) is 1. The minimum atomic E-state index is -0.185. The summed E-state index contributed by atoms with van der Waals surface area (Å²) in [7, 11) is 0. The number of benzene rings is 1. The van der Waals surface area contributed by atoms with Crippen molar-refractivity contribution >= 4 is 29.0 Å². The molecule has 5 heteroatoms. The largest absolute Gasteiger partial charge is 0.381 e. The molecular weight excluding hydrogens is 311 g/mol. The first kappa shape index (κ1) is 15.3. The Morgan fingerprint density at radius 2 is 1.95 bits per heavy atom. The lowest BCUT2D eigenvalue weighted by Gasteiger charge is -2.43. The van der Waals surface area contributed by atoms with Crippen LogP contribution in [0, 0.1) is 5.92 Å². The Bertz CT molecular complexity index is 533. The third kappa shape index (κ3) is 3.26. The zero-order chi connectivity index (χ0) is 14.9. The van der Waals surface area contributed by atoms with Crippen molar-refractivity contribution in [2.24, 2.45) is 5.92 Å². The number of carbonyl (C=O) groups excluding carboxylic acids is 1. The lowest BCUT2D eigenvalue weighted by atomic mass is 9.78. The fraction of sp³-hybridized carbons (Fsp3) is 0.562. The molecule has 0 N–H and O–H groups in total. The Kier molecular flexibility index (Phi) is 4.55. The Morgan fingerprint density at radius 1 is 1.19 bits per heavy atom. The molecule has 1 aromatic rings. The van der Waals surface area contributed by atoms with E-state index in [4.69, 9.17) is 32.7 Å². The van der Waals surface area contributed by atoms with Gasteiger partial charge in [0, 0.05) is 36.3 Å². The molecule has 1 atom stereocenters. The molecule has 0 aliphatic carbocycles. The molecule has 2 fully saturated rings. The minimum absolute atomic E-state index is 0.0319. The van der Waals surface area contributed by atoms with Crippen LogP contribution in [0.1, 0.15) is 36.0 Å². The molecule has 114 valence electrons. The van der Waals surface area contributed by atoms with E-state index in [0.29, 0.717) is 35.4 Å². The van der Waals surface area contributed by atoms with E-state index in [1.807, 2.05) is 0 Å². The van der Waals surface area contributed by atoms with Crippen molar-refractivity contribution in [2.75, 3.05) is 19.8 Å².